The largest absolute Gasteiger partial charge is 0.465 e. The van der Waals surface area contributed by atoms with Crippen LogP contribution in [0.1, 0.15) is 9.67 Å². The number of pyridine rings is 1. The predicted molar refractivity (Wildman–Crippen MR) is 78.4 cm³/mol. The highest BCUT2D eigenvalue weighted by Gasteiger charge is 2.24. The number of esters is 1. The maximum absolute atomic E-state index is 12.7. The van der Waals surface area contributed by atoms with E-state index in [4.69, 9.17) is 0 Å². The molecular weight excluding hydrogens is 387 g/mol. The number of methoxy groups -OCH3 is 1. The van der Waals surface area contributed by atoms with Crippen LogP contribution in [0.4, 0.5) is 10.2 Å². The smallest absolute Gasteiger partial charge is 0.348 e. The van der Waals surface area contributed by atoms with Crippen molar-refractivity contribution in [3.05, 3.63) is 39.6 Å². The van der Waals surface area contributed by atoms with E-state index < -0.39 is 21.8 Å². The fourth-order valence-corrected chi connectivity index (χ4v) is 4.96. The molecule has 112 valence electrons. The van der Waals surface area contributed by atoms with Gasteiger partial charge in [-0.25, -0.2) is 22.6 Å². The highest BCUT2D eigenvalue weighted by atomic mass is 79.9. The van der Waals surface area contributed by atoms with Crippen LogP contribution in [0.25, 0.3) is 0 Å². The SMILES string of the molecule is COC(=O)c1cc(Br)c(S(=O)(=O)Nc2ccc(F)cn2)s1. The van der Waals surface area contributed by atoms with Gasteiger partial charge in [0.2, 0.25) is 0 Å². The van der Waals surface area contributed by atoms with Crippen molar-refractivity contribution in [2.24, 2.45) is 0 Å². The molecule has 2 heterocycles. The second kappa shape index (κ2) is 6.08. The summed E-state index contributed by atoms with van der Waals surface area (Å²) in [6.45, 7) is 0. The highest BCUT2D eigenvalue weighted by Crippen LogP contribution is 2.33. The van der Waals surface area contributed by atoms with E-state index in [1.54, 1.807) is 0 Å². The zero-order valence-electron chi connectivity index (χ0n) is 10.5. The number of nitrogens with zero attached hydrogens (tertiary/aromatic N) is 1. The van der Waals surface area contributed by atoms with Crippen molar-refractivity contribution in [3.63, 3.8) is 0 Å². The van der Waals surface area contributed by atoms with Crippen LogP contribution in [0.5, 0.6) is 0 Å². The van der Waals surface area contributed by atoms with Gasteiger partial charge in [0.05, 0.1) is 13.3 Å². The summed E-state index contributed by atoms with van der Waals surface area (Å²) in [5.41, 5.74) is 0. The number of hydrogen-bond donors (Lipinski definition) is 1. The quantitative estimate of drug-likeness (QED) is 0.805. The summed E-state index contributed by atoms with van der Waals surface area (Å²) in [7, 11) is -2.75. The average molecular weight is 395 g/mol. The third kappa shape index (κ3) is 3.57. The molecule has 0 unspecified atom stereocenters. The standard InChI is InChI=1S/C11H8BrFN2O4S2/c1-19-10(16)8-4-7(12)11(20-8)21(17,18)15-9-3-2-6(13)5-14-9/h2-5H,1H3,(H,14,15). The van der Waals surface area contributed by atoms with E-state index in [1.807, 2.05) is 0 Å². The third-order valence-corrected chi connectivity index (χ3v) is 6.41. The molecule has 0 aliphatic rings. The van der Waals surface area contributed by atoms with Crippen molar-refractivity contribution >= 4 is 49.1 Å². The molecule has 0 aromatic carbocycles. The topological polar surface area (TPSA) is 85.4 Å². The van der Waals surface area contributed by atoms with E-state index in [2.05, 4.69) is 30.4 Å². The Morgan fingerprint density at radius 1 is 1.48 bits per heavy atom. The molecule has 2 aromatic heterocycles. The van der Waals surface area contributed by atoms with Crippen molar-refractivity contribution in [3.8, 4) is 0 Å². The number of hydrogen-bond acceptors (Lipinski definition) is 6. The molecule has 0 bridgehead atoms. The van der Waals surface area contributed by atoms with E-state index >= 15 is 0 Å². The number of thiophene rings is 1. The van der Waals surface area contributed by atoms with Gasteiger partial charge in [-0.3, -0.25) is 4.72 Å². The lowest BCUT2D eigenvalue weighted by atomic mass is 10.5. The predicted octanol–water partition coefficient (Wildman–Crippen LogP) is 2.63. The summed E-state index contributed by atoms with van der Waals surface area (Å²) >= 11 is 3.83. The Morgan fingerprint density at radius 2 is 2.19 bits per heavy atom. The molecule has 10 heteroatoms. The van der Waals surface area contributed by atoms with E-state index in [0.29, 0.717) is 0 Å². The maximum Gasteiger partial charge on any atom is 0.348 e. The summed E-state index contributed by atoms with van der Waals surface area (Å²) in [5, 5.41) is 0. The van der Waals surface area contributed by atoms with Gasteiger partial charge < -0.3 is 4.74 Å². The first-order valence-corrected chi connectivity index (χ1v) is 8.45. The van der Waals surface area contributed by atoms with Gasteiger partial charge in [0.15, 0.2) is 4.21 Å². The van der Waals surface area contributed by atoms with Crippen molar-refractivity contribution in [2.45, 2.75) is 4.21 Å². The van der Waals surface area contributed by atoms with Crippen LogP contribution in [0.2, 0.25) is 0 Å². The lowest BCUT2D eigenvalue weighted by Gasteiger charge is -2.05. The van der Waals surface area contributed by atoms with Crippen LogP contribution in [0, 0.1) is 5.82 Å². The molecule has 0 saturated carbocycles. The molecular formula is C11H8BrFN2O4S2. The first kappa shape index (κ1) is 15.9. The van der Waals surface area contributed by atoms with Crippen LogP contribution in [-0.2, 0) is 14.8 Å². The lowest BCUT2D eigenvalue weighted by molar-refractivity contribution is 0.0606. The second-order valence-corrected chi connectivity index (χ2v) is 7.49. The number of halogens is 2. The van der Waals surface area contributed by atoms with E-state index in [9.17, 15) is 17.6 Å². The molecule has 0 amide bonds. The van der Waals surface area contributed by atoms with Crippen LogP contribution in [0.15, 0.2) is 33.1 Å². The Balaban J connectivity index is 2.33. The Morgan fingerprint density at radius 3 is 2.76 bits per heavy atom. The summed E-state index contributed by atoms with van der Waals surface area (Å²) in [5.74, 6) is -1.25. The molecule has 0 fully saturated rings. The Kier molecular flexibility index (Phi) is 4.59. The fourth-order valence-electron chi connectivity index (χ4n) is 1.36. The fraction of sp³-hybridized carbons (Fsp3) is 0.0909. The van der Waals surface area contributed by atoms with Crippen molar-refractivity contribution in [1.29, 1.82) is 0 Å². The number of carbonyl (C=O) groups excluding carboxylic acids is 1. The molecule has 0 radical (unpaired) electrons. The number of sulfonamides is 1. The lowest BCUT2D eigenvalue weighted by Crippen LogP contribution is -2.13. The molecule has 2 rings (SSSR count). The van der Waals surface area contributed by atoms with Gasteiger partial charge in [-0.15, -0.1) is 11.3 Å². The van der Waals surface area contributed by atoms with Crippen molar-refractivity contribution in [2.75, 3.05) is 11.8 Å². The third-order valence-electron chi connectivity index (χ3n) is 2.25. The minimum absolute atomic E-state index is 0.0312. The van der Waals surface area contributed by atoms with Gasteiger partial charge >= 0.3 is 5.97 Å². The minimum Gasteiger partial charge on any atom is -0.465 e. The van der Waals surface area contributed by atoms with Gasteiger partial charge in [0.1, 0.15) is 16.5 Å². The molecule has 1 N–H and O–H groups in total. The van der Waals surface area contributed by atoms with Gasteiger partial charge in [-0.2, -0.15) is 0 Å². The summed E-state index contributed by atoms with van der Waals surface area (Å²) in [4.78, 5) is 15.1. The molecule has 6 nitrogen and oxygen atoms in total. The van der Waals surface area contributed by atoms with Crippen molar-refractivity contribution in [1.82, 2.24) is 4.98 Å². The molecule has 0 saturated heterocycles. The molecule has 21 heavy (non-hydrogen) atoms. The zero-order valence-corrected chi connectivity index (χ0v) is 13.7. The summed E-state index contributed by atoms with van der Waals surface area (Å²) in [6.07, 6.45) is 0.890. The average Bonchev–Trinajstić information content (AvgIpc) is 2.83. The number of ether oxygens (including phenoxy) is 1. The number of aromatic nitrogens is 1. The zero-order chi connectivity index (χ0) is 15.6. The Hall–Kier alpha value is -1.52. The monoisotopic (exact) mass is 394 g/mol. The van der Waals surface area contributed by atoms with Gasteiger partial charge in [0.25, 0.3) is 10.0 Å². The van der Waals surface area contributed by atoms with Gasteiger partial charge in [0, 0.05) is 4.47 Å². The Labute approximate surface area is 132 Å². The molecule has 0 aliphatic carbocycles. The van der Waals surface area contributed by atoms with Crippen LogP contribution in [-0.4, -0.2) is 26.5 Å². The molecule has 0 spiro atoms. The normalized spacial score (nSPS) is 11.2. The Bertz CT molecular complexity index is 774. The summed E-state index contributed by atoms with van der Waals surface area (Å²) in [6, 6.07) is 3.62. The van der Waals surface area contributed by atoms with E-state index in [0.717, 1.165) is 23.6 Å². The van der Waals surface area contributed by atoms with Gasteiger partial charge in [-0.05, 0) is 34.1 Å². The molecule has 2 aromatic rings. The van der Waals surface area contributed by atoms with Crippen LogP contribution < -0.4 is 4.72 Å². The van der Waals surface area contributed by atoms with Crippen LogP contribution >= 0.6 is 27.3 Å². The minimum atomic E-state index is -3.95. The first-order valence-electron chi connectivity index (χ1n) is 5.35. The first-order chi connectivity index (χ1) is 9.83. The maximum atomic E-state index is 12.7. The van der Waals surface area contributed by atoms with Gasteiger partial charge in [-0.1, -0.05) is 0 Å². The number of carbonyl (C=O) groups is 1. The molecule has 0 atom stereocenters. The number of anilines is 1. The second-order valence-electron chi connectivity index (χ2n) is 3.70. The van der Waals surface area contributed by atoms with Crippen molar-refractivity contribution < 1.29 is 22.3 Å². The molecule has 0 aliphatic heterocycles. The number of rotatable bonds is 4. The van der Waals surface area contributed by atoms with Crippen LogP contribution in [0.3, 0.4) is 0 Å². The number of nitrogens with one attached hydrogen (secondary N) is 1. The highest BCUT2D eigenvalue weighted by molar-refractivity contribution is 9.10. The van der Waals surface area contributed by atoms with E-state index in [-0.39, 0.29) is 19.4 Å². The summed E-state index contributed by atoms with van der Waals surface area (Å²) < 4.78 is 44.0. The van der Waals surface area contributed by atoms with E-state index in [1.165, 1.54) is 19.2 Å².